The number of rotatable bonds is 1. The molecule has 0 saturated carbocycles. The molecule has 4 unspecified atom stereocenters. The molecule has 4 aromatic rings. The Bertz CT molecular complexity index is 1800. The molecule has 4 aliphatic rings. The van der Waals surface area contributed by atoms with Crippen LogP contribution in [0.15, 0.2) is 71.5 Å². The second-order valence-corrected chi connectivity index (χ2v) is 10.8. The van der Waals surface area contributed by atoms with Crippen molar-refractivity contribution in [1.29, 1.82) is 0 Å². The Hall–Kier alpha value is -3.88. The molecule has 9 heteroatoms. The first kappa shape index (κ1) is 22.1. The van der Waals surface area contributed by atoms with Crippen LogP contribution >= 0.6 is 11.6 Å². The number of imide groups is 1. The summed E-state index contributed by atoms with van der Waals surface area (Å²) in [6, 6.07) is 18.5. The number of carbonyl (C=O) groups excluding carboxylic acids is 2. The molecule has 5 heterocycles. The second-order valence-electron chi connectivity index (χ2n) is 10.4. The van der Waals surface area contributed by atoms with Crippen LogP contribution in [0.3, 0.4) is 0 Å². The lowest BCUT2D eigenvalue weighted by molar-refractivity contribution is -0.124. The highest BCUT2D eigenvalue weighted by atomic mass is 35.5. The van der Waals surface area contributed by atoms with Crippen LogP contribution in [0.5, 0.6) is 0 Å². The molecule has 0 radical (unpaired) electrons. The van der Waals surface area contributed by atoms with Crippen LogP contribution in [-0.4, -0.2) is 38.9 Å². The lowest BCUT2D eigenvalue weighted by Crippen LogP contribution is -2.51. The lowest BCUT2D eigenvalue weighted by atomic mass is 9.75. The number of nitrogens with zero attached hydrogens (tertiary/aromatic N) is 4. The number of amides is 2. The predicted octanol–water partition coefficient (Wildman–Crippen LogP) is 4.02. The summed E-state index contributed by atoms with van der Waals surface area (Å²) in [7, 11) is 0. The van der Waals surface area contributed by atoms with E-state index in [0.29, 0.717) is 29.0 Å². The molecule has 0 bridgehead atoms. The largest absolute Gasteiger partial charge is 0.283 e. The molecular weight excluding hydrogens is 507 g/mol. The minimum absolute atomic E-state index is 0.159. The molecule has 38 heavy (non-hydrogen) atoms. The third-order valence-electron chi connectivity index (χ3n) is 8.80. The summed E-state index contributed by atoms with van der Waals surface area (Å²) in [4.78, 5) is 50.8. The van der Waals surface area contributed by atoms with Crippen LogP contribution in [0.2, 0.25) is 5.02 Å². The van der Waals surface area contributed by atoms with Gasteiger partial charge in [-0.2, -0.15) is 0 Å². The smallest absolute Gasteiger partial charge is 0.266 e. The Morgan fingerprint density at radius 2 is 1.76 bits per heavy atom. The fraction of sp³-hybridized carbons (Fsp3) is 0.241. The van der Waals surface area contributed by atoms with Gasteiger partial charge >= 0.3 is 0 Å². The number of halogens is 2. The quantitative estimate of drug-likeness (QED) is 0.350. The summed E-state index contributed by atoms with van der Waals surface area (Å²) in [5.41, 5.74) is 0.995. The van der Waals surface area contributed by atoms with E-state index in [0.717, 1.165) is 29.4 Å². The van der Waals surface area contributed by atoms with E-state index in [-0.39, 0.29) is 34.1 Å². The minimum atomic E-state index is -1.09. The standard InChI is InChI=1S/C29H20ClFN4O3/c30-18-14-15(11-12-19(18)31)34-26(37)23-22-10-5-13-33(22)29(24(23)27(34)38)17-7-2-4-9-21(17)35-25(36)16-6-1-3-8-20(16)32-28(29)35/h1-4,6-9,11-12,14,22-24H,5,10,13H2. The zero-order chi connectivity index (χ0) is 25.9. The Labute approximate surface area is 221 Å². The van der Waals surface area contributed by atoms with E-state index in [1.807, 2.05) is 36.4 Å². The number of hydrogen-bond donors (Lipinski definition) is 0. The fourth-order valence-electron chi connectivity index (χ4n) is 7.49. The highest BCUT2D eigenvalue weighted by Gasteiger charge is 2.73. The average Bonchev–Trinajstić information content (AvgIpc) is 3.63. The maximum Gasteiger partial charge on any atom is 0.266 e. The molecule has 3 fully saturated rings. The zero-order valence-electron chi connectivity index (χ0n) is 20.0. The molecule has 2 amide bonds. The number of benzene rings is 3. The number of anilines is 1. The van der Waals surface area contributed by atoms with E-state index >= 15 is 0 Å². The summed E-state index contributed by atoms with van der Waals surface area (Å²) in [5, 5.41) is 0.334. The van der Waals surface area contributed by atoms with Crippen molar-refractivity contribution in [3.63, 3.8) is 0 Å². The molecule has 188 valence electrons. The molecule has 4 atom stereocenters. The Morgan fingerprint density at radius 1 is 0.974 bits per heavy atom. The third-order valence-corrected chi connectivity index (χ3v) is 9.09. The van der Waals surface area contributed by atoms with Gasteiger partial charge in [-0.3, -0.25) is 23.9 Å². The van der Waals surface area contributed by atoms with Gasteiger partial charge in [0.1, 0.15) is 17.2 Å². The normalized spacial score (nSPS) is 27.3. The van der Waals surface area contributed by atoms with Gasteiger partial charge in [0.15, 0.2) is 0 Å². The first-order chi connectivity index (χ1) is 18.4. The highest BCUT2D eigenvalue weighted by molar-refractivity contribution is 6.31. The summed E-state index contributed by atoms with van der Waals surface area (Å²) in [6.45, 7) is 0.678. The maximum atomic E-state index is 14.4. The van der Waals surface area contributed by atoms with Gasteiger partial charge in [-0.25, -0.2) is 14.3 Å². The number of carbonyl (C=O) groups is 2. The second kappa shape index (κ2) is 7.36. The van der Waals surface area contributed by atoms with Crippen LogP contribution in [0.1, 0.15) is 24.2 Å². The van der Waals surface area contributed by atoms with Crippen molar-refractivity contribution in [3.8, 4) is 5.69 Å². The molecule has 3 aromatic carbocycles. The van der Waals surface area contributed by atoms with Crippen LogP contribution < -0.4 is 10.5 Å². The van der Waals surface area contributed by atoms with Crippen molar-refractivity contribution in [2.45, 2.75) is 24.4 Å². The molecule has 0 N–H and O–H groups in total. The van der Waals surface area contributed by atoms with Gasteiger partial charge in [-0.05, 0) is 55.8 Å². The van der Waals surface area contributed by atoms with E-state index in [9.17, 15) is 18.8 Å². The third kappa shape index (κ3) is 2.43. The number of para-hydroxylation sites is 2. The highest BCUT2D eigenvalue weighted by Crippen LogP contribution is 2.62. The molecular formula is C29H20ClFN4O3. The molecule has 8 rings (SSSR count). The average molecular weight is 527 g/mol. The van der Waals surface area contributed by atoms with Crippen molar-refractivity contribution in [3.05, 3.63) is 99.3 Å². The van der Waals surface area contributed by atoms with Gasteiger partial charge in [0.2, 0.25) is 11.8 Å². The van der Waals surface area contributed by atoms with Gasteiger partial charge in [0.05, 0.1) is 39.1 Å². The number of fused-ring (bicyclic) bond motifs is 11. The van der Waals surface area contributed by atoms with E-state index in [4.69, 9.17) is 16.6 Å². The van der Waals surface area contributed by atoms with E-state index < -0.39 is 23.2 Å². The van der Waals surface area contributed by atoms with Gasteiger partial charge in [0, 0.05) is 11.6 Å². The van der Waals surface area contributed by atoms with E-state index in [1.165, 1.54) is 12.1 Å². The fourth-order valence-corrected chi connectivity index (χ4v) is 7.67. The van der Waals surface area contributed by atoms with Crippen molar-refractivity contribution in [2.24, 2.45) is 11.8 Å². The molecule has 1 aromatic heterocycles. The predicted molar refractivity (Wildman–Crippen MR) is 139 cm³/mol. The first-order valence-electron chi connectivity index (χ1n) is 12.7. The summed E-state index contributed by atoms with van der Waals surface area (Å²) >= 11 is 6.04. The Morgan fingerprint density at radius 3 is 2.61 bits per heavy atom. The van der Waals surface area contributed by atoms with Gasteiger partial charge < -0.3 is 0 Å². The lowest BCUT2D eigenvalue weighted by Gasteiger charge is -2.38. The first-order valence-corrected chi connectivity index (χ1v) is 13.0. The van der Waals surface area contributed by atoms with Crippen LogP contribution in [-0.2, 0) is 15.1 Å². The molecule has 4 aliphatic heterocycles. The summed E-state index contributed by atoms with van der Waals surface area (Å²) in [5.74, 6) is -2.29. The van der Waals surface area contributed by atoms with Gasteiger partial charge in [-0.1, -0.05) is 41.9 Å². The molecule has 7 nitrogen and oxygen atoms in total. The maximum absolute atomic E-state index is 14.4. The Balaban J connectivity index is 1.44. The minimum Gasteiger partial charge on any atom is -0.283 e. The monoisotopic (exact) mass is 526 g/mol. The summed E-state index contributed by atoms with van der Waals surface area (Å²) in [6.07, 6.45) is 1.61. The van der Waals surface area contributed by atoms with Crippen LogP contribution in [0, 0.1) is 17.7 Å². The summed E-state index contributed by atoms with van der Waals surface area (Å²) < 4.78 is 15.6. The van der Waals surface area contributed by atoms with E-state index in [1.54, 1.807) is 16.7 Å². The van der Waals surface area contributed by atoms with Gasteiger partial charge in [-0.15, -0.1) is 0 Å². The van der Waals surface area contributed by atoms with Crippen molar-refractivity contribution in [1.82, 2.24) is 14.5 Å². The number of aromatic nitrogens is 2. The number of hydrogen-bond acceptors (Lipinski definition) is 5. The van der Waals surface area contributed by atoms with Crippen molar-refractivity contribution >= 4 is 40.0 Å². The topological polar surface area (TPSA) is 75.5 Å². The van der Waals surface area contributed by atoms with Crippen LogP contribution in [0.4, 0.5) is 10.1 Å². The van der Waals surface area contributed by atoms with Gasteiger partial charge in [0.25, 0.3) is 5.56 Å². The van der Waals surface area contributed by atoms with Crippen LogP contribution in [0.25, 0.3) is 16.6 Å². The molecule has 3 saturated heterocycles. The molecule has 1 spiro atoms. The van der Waals surface area contributed by atoms with Crippen molar-refractivity contribution < 1.29 is 14.0 Å². The molecule has 0 aliphatic carbocycles. The zero-order valence-corrected chi connectivity index (χ0v) is 20.7. The van der Waals surface area contributed by atoms with Crippen molar-refractivity contribution in [2.75, 3.05) is 11.4 Å². The van der Waals surface area contributed by atoms with E-state index in [2.05, 4.69) is 4.90 Å². The SMILES string of the molecule is O=C1C2C3CCCN3C3(c4ccccc4-n4c3nc3ccccc3c4=O)C2C(=O)N1c1ccc(F)c(Cl)c1. The Kier molecular flexibility index (Phi) is 4.29.